The average molecular weight is 651 g/mol. The number of benzene rings is 2. The van der Waals surface area contributed by atoms with E-state index in [-0.39, 0.29) is 59.1 Å². The first kappa shape index (κ1) is 38.8. The van der Waals surface area contributed by atoms with Crippen LogP contribution in [0.3, 0.4) is 0 Å². The van der Waals surface area contributed by atoms with Crippen molar-refractivity contribution in [3.8, 4) is 0 Å². The highest BCUT2D eigenvalue weighted by atomic mass is 16.6. The number of carbonyl (C=O) groups excluding carboxylic acids is 3. The van der Waals surface area contributed by atoms with Gasteiger partial charge in [-0.15, -0.1) is 0 Å². The van der Waals surface area contributed by atoms with Gasteiger partial charge < -0.3 is 30.8 Å². The maximum absolute atomic E-state index is 14.2. The number of hydrogen-bond donors (Lipinski definition) is 5. The number of carboxylic acids is 1. The number of aromatic nitrogens is 1. The van der Waals surface area contributed by atoms with Crippen molar-refractivity contribution < 1.29 is 29.0 Å². The molecule has 1 heterocycles. The summed E-state index contributed by atoms with van der Waals surface area (Å²) in [4.78, 5) is 54.1. The van der Waals surface area contributed by atoms with E-state index in [2.05, 4.69) is 20.9 Å². The van der Waals surface area contributed by atoms with Crippen LogP contribution in [0.25, 0.3) is 10.9 Å². The van der Waals surface area contributed by atoms with Crippen LogP contribution in [0.5, 0.6) is 0 Å². The Balaban J connectivity index is 0.00000384. The number of hydrogen-bond acceptors (Lipinski definition) is 5. The minimum atomic E-state index is -1.37. The smallest absolute Gasteiger partial charge is 0.408 e. The molecule has 0 bridgehead atoms. The van der Waals surface area contributed by atoms with Crippen molar-refractivity contribution in [2.75, 3.05) is 6.54 Å². The number of nitrogens with one attached hydrogen (secondary N) is 4. The van der Waals surface area contributed by atoms with Gasteiger partial charge in [-0.2, -0.15) is 0 Å². The van der Waals surface area contributed by atoms with Crippen LogP contribution in [0.2, 0.25) is 0 Å². The van der Waals surface area contributed by atoms with E-state index in [4.69, 9.17) is 9.84 Å². The summed E-state index contributed by atoms with van der Waals surface area (Å²) in [6.45, 7) is 1.84. The molecule has 1 aliphatic carbocycles. The van der Waals surface area contributed by atoms with Gasteiger partial charge in [0.25, 0.3) is 0 Å². The molecule has 258 valence electrons. The normalized spacial score (nSPS) is 15.3. The lowest BCUT2D eigenvalue weighted by Crippen LogP contribution is -2.61. The number of para-hydroxylation sites is 1. The molecule has 0 spiro atoms. The second-order valence-electron chi connectivity index (χ2n) is 12.3. The van der Waals surface area contributed by atoms with Gasteiger partial charge in [-0.05, 0) is 62.6 Å². The maximum atomic E-state index is 14.2. The predicted molar refractivity (Wildman–Crippen MR) is 186 cm³/mol. The number of alkyl carbamates (subject to hydrolysis) is 1. The van der Waals surface area contributed by atoms with Crippen LogP contribution in [-0.4, -0.2) is 58.2 Å². The third kappa shape index (κ3) is 12.4. The van der Waals surface area contributed by atoms with Gasteiger partial charge in [-0.3, -0.25) is 14.4 Å². The second-order valence-corrected chi connectivity index (χ2v) is 12.3. The summed E-state index contributed by atoms with van der Waals surface area (Å²) in [6.07, 6.45) is 9.01. The molecule has 1 saturated carbocycles. The maximum Gasteiger partial charge on any atom is 0.408 e. The molecule has 10 heteroatoms. The number of aliphatic carboxylic acids is 1. The number of carboxylic acid groups (broad SMARTS) is 1. The number of H-pyrrole nitrogens is 1. The Morgan fingerprint density at radius 1 is 0.936 bits per heavy atom. The molecule has 0 radical (unpaired) electrons. The van der Waals surface area contributed by atoms with Gasteiger partial charge in [0.1, 0.15) is 11.6 Å². The van der Waals surface area contributed by atoms with Gasteiger partial charge in [0.05, 0.1) is 6.04 Å². The van der Waals surface area contributed by atoms with Crippen LogP contribution in [0.15, 0.2) is 60.8 Å². The first-order valence-electron chi connectivity index (χ1n) is 16.1. The monoisotopic (exact) mass is 650 g/mol. The highest BCUT2D eigenvalue weighted by Crippen LogP contribution is 2.24. The molecule has 4 rings (SSSR count). The van der Waals surface area contributed by atoms with E-state index in [0.717, 1.165) is 60.6 Å². The Labute approximate surface area is 279 Å². The van der Waals surface area contributed by atoms with E-state index < -0.39 is 29.6 Å². The third-order valence-electron chi connectivity index (χ3n) is 8.42. The number of carbonyl (C=O) groups is 4. The SMILES string of the molecule is C.C.CC(Cc1c[nH]c2ccccc12)(NC(=O)OC1CCCCCCC1)C(=O)NC(CNC(=O)CCCC(=O)O)Cc1ccccc1. The fourth-order valence-electron chi connectivity index (χ4n) is 5.93. The minimum absolute atomic E-state index is 0. The number of fused-ring (bicyclic) bond motifs is 1. The molecule has 3 aromatic rings. The highest BCUT2D eigenvalue weighted by Gasteiger charge is 2.38. The van der Waals surface area contributed by atoms with E-state index in [1.165, 1.54) is 6.42 Å². The van der Waals surface area contributed by atoms with E-state index in [1.807, 2.05) is 60.8 Å². The van der Waals surface area contributed by atoms with Crippen LogP contribution >= 0.6 is 0 Å². The summed E-state index contributed by atoms with van der Waals surface area (Å²) >= 11 is 0. The minimum Gasteiger partial charge on any atom is -0.481 e. The standard InChI is InChI=1S/C35H46N4O6.2CH4/c1-35(22-26-23-36-30-18-11-10-17-29(26)30,39-34(44)45-28-15-8-3-2-4-9-16-28)33(43)38-27(21-25-13-6-5-7-14-25)24-37-31(40)19-12-20-32(41)42;;/h5-7,10-11,13-14,17-18,23,27-28,36H,2-4,8-9,12,15-16,19-22,24H2,1H3,(H,37,40)(H,38,43)(H,39,44)(H,41,42);2*1H4. The quantitative estimate of drug-likeness (QED) is 0.131. The van der Waals surface area contributed by atoms with Crippen molar-refractivity contribution in [3.05, 3.63) is 71.9 Å². The number of ether oxygens (including phenoxy) is 1. The molecule has 47 heavy (non-hydrogen) atoms. The lowest BCUT2D eigenvalue weighted by Gasteiger charge is -2.32. The highest BCUT2D eigenvalue weighted by molar-refractivity contribution is 5.92. The van der Waals surface area contributed by atoms with Crippen LogP contribution in [-0.2, 0) is 32.0 Å². The van der Waals surface area contributed by atoms with Crippen LogP contribution < -0.4 is 16.0 Å². The van der Waals surface area contributed by atoms with Gasteiger partial charge in [-0.1, -0.05) is 82.6 Å². The lowest BCUT2D eigenvalue weighted by molar-refractivity contribution is -0.137. The summed E-state index contributed by atoms with van der Waals surface area (Å²) in [5.74, 6) is -1.64. The molecule has 0 saturated heterocycles. The Hall–Kier alpha value is -4.34. The summed E-state index contributed by atoms with van der Waals surface area (Å²) in [5.41, 5.74) is 1.41. The fourth-order valence-corrected chi connectivity index (χ4v) is 5.93. The molecule has 2 atom stereocenters. The first-order chi connectivity index (χ1) is 21.7. The molecular weight excluding hydrogens is 596 g/mol. The van der Waals surface area contributed by atoms with Crippen molar-refractivity contribution in [2.24, 2.45) is 0 Å². The first-order valence-corrected chi connectivity index (χ1v) is 16.1. The topological polar surface area (TPSA) is 150 Å². The Kier molecular flexibility index (Phi) is 16.0. The second kappa shape index (κ2) is 19.4. The van der Waals surface area contributed by atoms with Gasteiger partial charge in [-0.25, -0.2) is 4.79 Å². The molecular formula is C37H54N4O6. The van der Waals surface area contributed by atoms with Crippen molar-refractivity contribution in [3.63, 3.8) is 0 Å². The van der Waals surface area contributed by atoms with E-state index in [0.29, 0.717) is 6.42 Å². The van der Waals surface area contributed by atoms with E-state index in [1.54, 1.807) is 6.92 Å². The number of amides is 3. The summed E-state index contributed by atoms with van der Waals surface area (Å²) in [7, 11) is 0. The van der Waals surface area contributed by atoms with Crippen molar-refractivity contribution in [1.29, 1.82) is 0 Å². The van der Waals surface area contributed by atoms with Crippen molar-refractivity contribution in [1.82, 2.24) is 20.9 Å². The Morgan fingerprint density at radius 3 is 2.30 bits per heavy atom. The fraction of sp³-hybridized carbons (Fsp3) is 0.514. The van der Waals surface area contributed by atoms with Gasteiger partial charge in [0.2, 0.25) is 11.8 Å². The average Bonchev–Trinajstić information content (AvgIpc) is 3.39. The Morgan fingerprint density at radius 2 is 1.60 bits per heavy atom. The summed E-state index contributed by atoms with van der Waals surface area (Å²) < 4.78 is 5.88. The van der Waals surface area contributed by atoms with Gasteiger partial charge >= 0.3 is 12.1 Å². The number of rotatable bonds is 14. The summed E-state index contributed by atoms with van der Waals surface area (Å²) in [6, 6.07) is 16.9. The third-order valence-corrected chi connectivity index (χ3v) is 8.42. The van der Waals surface area contributed by atoms with Crippen LogP contribution in [0.1, 0.15) is 97.1 Å². The molecule has 2 aromatic carbocycles. The Bertz CT molecular complexity index is 1420. The molecule has 3 amide bonds. The molecule has 0 aliphatic heterocycles. The van der Waals surface area contributed by atoms with E-state index >= 15 is 0 Å². The number of aromatic amines is 1. The van der Waals surface area contributed by atoms with Crippen LogP contribution in [0.4, 0.5) is 4.79 Å². The van der Waals surface area contributed by atoms with Gasteiger partial charge in [0.15, 0.2) is 0 Å². The van der Waals surface area contributed by atoms with Crippen molar-refractivity contribution >= 4 is 34.8 Å². The molecule has 1 aromatic heterocycles. The molecule has 10 nitrogen and oxygen atoms in total. The molecule has 1 fully saturated rings. The van der Waals surface area contributed by atoms with Crippen molar-refractivity contribution in [2.45, 2.75) is 117 Å². The van der Waals surface area contributed by atoms with Gasteiger partial charge in [0, 0.05) is 42.9 Å². The molecule has 2 unspecified atom stereocenters. The lowest BCUT2D eigenvalue weighted by atomic mass is 9.90. The molecule has 5 N–H and O–H groups in total. The zero-order chi connectivity index (χ0) is 32.1. The predicted octanol–water partition coefficient (Wildman–Crippen LogP) is 6.68. The largest absolute Gasteiger partial charge is 0.481 e. The van der Waals surface area contributed by atoms with Crippen LogP contribution in [0, 0.1) is 0 Å². The zero-order valence-corrected chi connectivity index (χ0v) is 26.1. The zero-order valence-electron chi connectivity index (χ0n) is 26.1. The molecule has 1 aliphatic rings. The summed E-state index contributed by atoms with van der Waals surface area (Å²) in [5, 5.41) is 18.7. The van der Waals surface area contributed by atoms with E-state index in [9.17, 15) is 19.2 Å².